The molecule has 0 aromatic heterocycles. The minimum Gasteiger partial charge on any atom is -0.496 e. The van der Waals surface area contributed by atoms with Crippen molar-refractivity contribution in [2.24, 2.45) is 0 Å². The molecule has 0 aliphatic carbocycles. The second-order valence-electron chi connectivity index (χ2n) is 4.87. The van der Waals surface area contributed by atoms with Gasteiger partial charge in [-0.05, 0) is 30.7 Å². The van der Waals surface area contributed by atoms with Crippen LogP contribution in [-0.4, -0.2) is 24.1 Å². The summed E-state index contributed by atoms with van der Waals surface area (Å²) in [5.41, 5.74) is 1.55. The summed E-state index contributed by atoms with van der Waals surface area (Å²) >= 11 is 0. The van der Waals surface area contributed by atoms with Gasteiger partial charge in [0.2, 0.25) is 0 Å². The van der Waals surface area contributed by atoms with Crippen molar-refractivity contribution >= 4 is 18.0 Å². The average molecular weight is 311 g/mol. The van der Waals surface area contributed by atoms with Gasteiger partial charge in [0, 0.05) is 11.1 Å². The van der Waals surface area contributed by atoms with Crippen molar-refractivity contribution in [3.8, 4) is 5.75 Å². The molecule has 2 rings (SSSR count). The first-order valence-electron chi connectivity index (χ1n) is 6.98. The predicted octanol–water partition coefficient (Wildman–Crippen LogP) is 2.86. The van der Waals surface area contributed by atoms with Crippen LogP contribution >= 0.6 is 0 Å². The lowest BCUT2D eigenvalue weighted by Crippen LogP contribution is -2.27. The zero-order valence-corrected chi connectivity index (χ0v) is 12.9. The van der Waals surface area contributed by atoms with Crippen LogP contribution in [0.1, 0.15) is 21.5 Å². The molecule has 0 spiro atoms. The van der Waals surface area contributed by atoms with E-state index in [1.807, 2.05) is 6.07 Å². The highest BCUT2D eigenvalue weighted by atomic mass is 16.5. The van der Waals surface area contributed by atoms with Crippen molar-refractivity contribution in [1.82, 2.24) is 5.32 Å². The number of carboxylic acids is 1. The third-order valence-electron chi connectivity index (χ3n) is 3.31. The Morgan fingerprint density at radius 2 is 1.74 bits per heavy atom. The quantitative estimate of drug-likeness (QED) is 0.833. The summed E-state index contributed by atoms with van der Waals surface area (Å²) in [4.78, 5) is 23.7. The molecule has 23 heavy (non-hydrogen) atoms. The second kappa shape index (κ2) is 7.26. The summed E-state index contributed by atoms with van der Waals surface area (Å²) in [6.45, 7) is 1.79. The molecule has 1 amide bonds. The molecule has 5 heteroatoms. The maximum absolute atomic E-state index is 12.3. The first-order chi connectivity index (χ1) is 11.0. The maximum atomic E-state index is 12.3. The van der Waals surface area contributed by atoms with E-state index in [4.69, 9.17) is 4.74 Å². The second-order valence-corrected chi connectivity index (χ2v) is 4.87. The lowest BCUT2D eigenvalue weighted by molar-refractivity contribution is -0.132. The Morgan fingerprint density at radius 1 is 1.09 bits per heavy atom. The zero-order valence-electron chi connectivity index (χ0n) is 12.9. The number of carbonyl (C=O) groups is 2. The van der Waals surface area contributed by atoms with Crippen molar-refractivity contribution in [2.45, 2.75) is 6.92 Å². The predicted molar refractivity (Wildman–Crippen MR) is 87.3 cm³/mol. The molecule has 118 valence electrons. The Labute approximate surface area is 134 Å². The van der Waals surface area contributed by atoms with E-state index >= 15 is 0 Å². The van der Waals surface area contributed by atoms with Crippen LogP contribution in [0.3, 0.4) is 0 Å². The number of amides is 1. The monoisotopic (exact) mass is 311 g/mol. The van der Waals surface area contributed by atoms with Gasteiger partial charge in [-0.15, -0.1) is 0 Å². The van der Waals surface area contributed by atoms with E-state index in [0.717, 1.165) is 5.56 Å². The number of benzene rings is 2. The summed E-state index contributed by atoms with van der Waals surface area (Å²) in [6, 6.07) is 13.9. The fourth-order valence-corrected chi connectivity index (χ4v) is 2.11. The molecule has 0 bridgehead atoms. The minimum absolute atomic E-state index is 0.220. The van der Waals surface area contributed by atoms with Crippen molar-refractivity contribution < 1.29 is 19.4 Å². The van der Waals surface area contributed by atoms with Crippen LogP contribution in [0.2, 0.25) is 0 Å². The van der Waals surface area contributed by atoms with Crippen molar-refractivity contribution in [3.63, 3.8) is 0 Å². The summed E-state index contributed by atoms with van der Waals surface area (Å²) in [6.07, 6.45) is 1.37. The molecular weight excluding hydrogens is 294 g/mol. The number of carboxylic acid groups (broad SMARTS) is 1. The maximum Gasteiger partial charge on any atom is 0.352 e. The third kappa shape index (κ3) is 3.97. The van der Waals surface area contributed by atoms with Gasteiger partial charge in [0.15, 0.2) is 0 Å². The summed E-state index contributed by atoms with van der Waals surface area (Å²) in [7, 11) is 1.50. The van der Waals surface area contributed by atoms with Crippen LogP contribution in [-0.2, 0) is 4.79 Å². The van der Waals surface area contributed by atoms with Gasteiger partial charge in [0.05, 0.1) is 7.11 Å². The third-order valence-corrected chi connectivity index (χ3v) is 3.31. The molecule has 0 aliphatic heterocycles. The van der Waals surface area contributed by atoms with Crippen molar-refractivity contribution in [3.05, 3.63) is 70.9 Å². The number of carbonyl (C=O) groups excluding carboxylic acids is 1. The molecule has 0 radical (unpaired) electrons. The molecule has 0 fully saturated rings. The molecule has 0 saturated heterocycles. The molecule has 0 unspecified atom stereocenters. The number of methoxy groups -OCH3 is 1. The Morgan fingerprint density at radius 3 is 2.39 bits per heavy atom. The van der Waals surface area contributed by atoms with E-state index in [0.29, 0.717) is 16.9 Å². The SMILES string of the molecule is COc1ccccc1/C=C(/NC(=O)c1ccccc1C)C(=O)O. The molecule has 2 N–H and O–H groups in total. The van der Waals surface area contributed by atoms with Gasteiger partial charge >= 0.3 is 5.97 Å². The molecule has 2 aromatic carbocycles. The Balaban J connectivity index is 2.33. The van der Waals surface area contributed by atoms with Gasteiger partial charge < -0.3 is 15.2 Å². The number of aliphatic carboxylic acids is 1. The molecule has 5 nitrogen and oxygen atoms in total. The van der Waals surface area contributed by atoms with E-state index in [1.165, 1.54) is 13.2 Å². The lowest BCUT2D eigenvalue weighted by atomic mass is 10.1. The van der Waals surface area contributed by atoms with Crippen LogP contribution in [0.4, 0.5) is 0 Å². The van der Waals surface area contributed by atoms with Gasteiger partial charge in [0.1, 0.15) is 11.4 Å². The summed E-state index contributed by atoms with van der Waals surface area (Å²) < 4.78 is 5.18. The molecule has 2 aromatic rings. The van der Waals surface area contributed by atoms with Crippen LogP contribution in [0.15, 0.2) is 54.2 Å². The topological polar surface area (TPSA) is 75.6 Å². The van der Waals surface area contributed by atoms with Gasteiger partial charge in [-0.25, -0.2) is 4.79 Å². The standard InChI is InChI=1S/C18H17NO4/c1-12-7-3-5-9-14(12)17(20)19-15(18(21)22)11-13-8-4-6-10-16(13)23-2/h3-11H,1-2H3,(H,19,20)(H,21,22)/b15-11+. The van der Waals surface area contributed by atoms with E-state index in [-0.39, 0.29) is 5.70 Å². The van der Waals surface area contributed by atoms with E-state index in [9.17, 15) is 14.7 Å². The first kappa shape index (κ1) is 16.3. The smallest absolute Gasteiger partial charge is 0.352 e. The highest BCUT2D eigenvalue weighted by Crippen LogP contribution is 2.20. The van der Waals surface area contributed by atoms with Crippen molar-refractivity contribution in [1.29, 1.82) is 0 Å². The molecular formula is C18H17NO4. The number of para-hydroxylation sites is 1. The fourth-order valence-electron chi connectivity index (χ4n) is 2.11. The number of aryl methyl sites for hydroxylation is 1. The highest BCUT2D eigenvalue weighted by molar-refractivity contribution is 6.03. The van der Waals surface area contributed by atoms with Crippen LogP contribution in [0.5, 0.6) is 5.75 Å². The van der Waals surface area contributed by atoms with E-state index in [2.05, 4.69) is 5.32 Å². The van der Waals surface area contributed by atoms with Crippen LogP contribution in [0, 0.1) is 6.92 Å². The largest absolute Gasteiger partial charge is 0.496 e. The average Bonchev–Trinajstić information content (AvgIpc) is 2.54. The fraction of sp³-hybridized carbons (Fsp3) is 0.111. The van der Waals surface area contributed by atoms with Crippen molar-refractivity contribution in [2.75, 3.05) is 7.11 Å². The Hall–Kier alpha value is -3.08. The molecule has 0 heterocycles. The van der Waals surface area contributed by atoms with Gasteiger partial charge in [-0.2, -0.15) is 0 Å². The van der Waals surface area contributed by atoms with Gasteiger partial charge in [-0.1, -0.05) is 36.4 Å². The van der Waals surface area contributed by atoms with Gasteiger partial charge in [0.25, 0.3) is 5.91 Å². The van der Waals surface area contributed by atoms with Crippen LogP contribution < -0.4 is 10.1 Å². The summed E-state index contributed by atoms with van der Waals surface area (Å²) in [5.74, 6) is -1.17. The van der Waals surface area contributed by atoms with E-state index < -0.39 is 11.9 Å². The number of ether oxygens (including phenoxy) is 1. The normalized spacial score (nSPS) is 11.0. The summed E-state index contributed by atoms with van der Waals surface area (Å²) in [5, 5.41) is 11.8. The molecule has 0 saturated carbocycles. The lowest BCUT2D eigenvalue weighted by Gasteiger charge is -2.09. The number of nitrogens with one attached hydrogen (secondary N) is 1. The zero-order chi connectivity index (χ0) is 16.8. The van der Waals surface area contributed by atoms with E-state index in [1.54, 1.807) is 49.4 Å². The van der Waals surface area contributed by atoms with Crippen LogP contribution in [0.25, 0.3) is 6.08 Å². The minimum atomic E-state index is -1.22. The number of hydrogen-bond acceptors (Lipinski definition) is 3. The number of rotatable bonds is 5. The molecule has 0 aliphatic rings. The Kier molecular flexibility index (Phi) is 5.15. The highest BCUT2D eigenvalue weighted by Gasteiger charge is 2.15. The first-order valence-corrected chi connectivity index (χ1v) is 6.98. The molecule has 0 atom stereocenters. The van der Waals surface area contributed by atoms with Gasteiger partial charge in [-0.3, -0.25) is 4.79 Å². The number of hydrogen-bond donors (Lipinski definition) is 2. The Bertz CT molecular complexity index is 765.